The van der Waals surface area contributed by atoms with Gasteiger partial charge in [-0.15, -0.1) is 0 Å². The van der Waals surface area contributed by atoms with E-state index in [0.29, 0.717) is 18.8 Å². The number of esters is 1. The topological polar surface area (TPSA) is 87.9 Å². The highest BCUT2D eigenvalue weighted by Crippen LogP contribution is 2.32. The highest BCUT2D eigenvalue weighted by atomic mass is 16.7. The summed E-state index contributed by atoms with van der Waals surface area (Å²) in [7, 11) is 0. The molecule has 2 rings (SSSR count). The number of ether oxygens (including phenoxy) is 3. The molecule has 0 unspecified atom stereocenters. The van der Waals surface area contributed by atoms with E-state index in [4.69, 9.17) is 14.2 Å². The van der Waals surface area contributed by atoms with Crippen molar-refractivity contribution in [1.29, 1.82) is 0 Å². The Morgan fingerprint density at radius 1 is 1.45 bits per heavy atom. The summed E-state index contributed by atoms with van der Waals surface area (Å²) in [6.45, 7) is 2.71. The third-order valence-electron chi connectivity index (χ3n) is 2.79. The van der Waals surface area contributed by atoms with Gasteiger partial charge in [0.25, 0.3) is 0 Å². The average molecular weight is 281 g/mol. The number of hydrogen-bond acceptors (Lipinski definition) is 6. The van der Waals surface area contributed by atoms with Crippen LogP contribution in [-0.2, 0) is 14.3 Å². The van der Waals surface area contributed by atoms with E-state index in [9.17, 15) is 14.9 Å². The zero-order chi connectivity index (χ0) is 14.5. The van der Waals surface area contributed by atoms with Gasteiger partial charge in [-0.05, 0) is 18.6 Å². The van der Waals surface area contributed by atoms with E-state index in [2.05, 4.69) is 0 Å². The van der Waals surface area contributed by atoms with Crippen molar-refractivity contribution in [2.45, 2.75) is 26.1 Å². The predicted octanol–water partition coefficient (Wildman–Crippen LogP) is 2.35. The van der Waals surface area contributed by atoms with Crippen LogP contribution in [0.15, 0.2) is 18.2 Å². The number of nitrogens with zero attached hydrogens (tertiary/aromatic N) is 1. The normalized spacial score (nSPS) is 15.8. The van der Waals surface area contributed by atoms with Gasteiger partial charge in [0, 0.05) is 18.1 Å². The molecule has 0 saturated carbocycles. The number of benzene rings is 1. The van der Waals surface area contributed by atoms with Crippen molar-refractivity contribution in [2.75, 3.05) is 13.2 Å². The van der Waals surface area contributed by atoms with Crippen molar-refractivity contribution in [3.63, 3.8) is 0 Å². The standard InChI is InChI=1S/C13H15NO6/c1-2-12(15)20-11-5-4-9(8-10(11)14(16)17)13-18-6-3-7-19-13/h4-5,8,13H,2-3,6-7H2,1H3. The van der Waals surface area contributed by atoms with E-state index in [1.807, 2.05) is 0 Å². The van der Waals surface area contributed by atoms with Gasteiger partial charge in [0.1, 0.15) is 0 Å². The van der Waals surface area contributed by atoms with E-state index < -0.39 is 17.2 Å². The van der Waals surface area contributed by atoms with Gasteiger partial charge in [-0.3, -0.25) is 14.9 Å². The molecule has 1 aliphatic rings. The summed E-state index contributed by atoms with van der Waals surface area (Å²) in [6, 6.07) is 4.30. The second kappa shape index (κ2) is 6.44. The minimum absolute atomic E-state index is 0.0681. The predicted molar refractivity (Wildman–Crippen MR) is 68.3 cm³/mol. The maximum absolute atomic E-state index is 11.2. The van der Waals surface area contributed by atoms with Gasteiger partial charge in [0.05, 0.1) is 18.1 Å². The lowest BCUT2D eigenvalue weighted by molar-refractivity contribution is -0.385. The van der Waals surface area contributed by atoms with Gasteiger partial charge in [0.15, 0.2) is 6.29 Å². The van der Waals surface area contributed by atoms with Gasteiger partial charge in [-0.25, -0.2) is 0 Å². The Hall–Kier alpha value is -1.99. The van der Waals surface area contributed by atoms with Crippen molar-refractivity contribution < 1.29 is 23.9 Å². The second-order valence-corrected chi connectivity index (χ2v) is 4.24. The third-order valence-corrected chi connectivity index (χ3v) is 2.79. The smallest absolute Gasteiger partial charge is 0.312 e. The summed E-state index contributed by atoms with van der Waals surface area (Å²) in [5.41, 5.74) is 0.259. The minimum atomic E-state index is -0.613. The zero-order valence-corrected chi connectivity index (χ0v) is 11.0. The van der Waals surface area contributed by atoms with E-state index in [0.717, 1.165) is 6.42 Å². The first-order valence-electron chi connectivity index (χ1n) is 6.34. The SMILES string of the molecule is CCC(=O)Oc1ccc(C2OCCCO2)cc1[N+](=O)[O-]. The number of rotatable bonds is 4. The van der Waals surface area contributed by atoms with Crippen LogP contribution in [0.5, 0.6) is 5.75 Å². The summed E-state index contributed by atoms with van der Waals surface area (Å²) in [5.74, 6) is -0.590. The summed E-state index contributed by atoms with van der Waals surface area (Å²) in [5, 5.41) is 11.1. The maximum Gasteiger partial charge on any atom is 0.312 e. The van der Waals surface area contributed by atoms with Crippen LogP contribution < -0.4 is 4.74 Å². The summed E-state index contributed by atoms with van der Waals surface area (Å²) in [6.07, 6.45) is 0.330. The monoisotopic (exact) mass is 281 g/mol. The summed E-state index contributed by atoms with van der Waals surface area (Å²) >= 11 is 0. The minimum Gasteiger partial charge on any atom is -0.419 e. The first-order valence-corrected chi connectivity index (χ1v) is 6.34. The molecule has 1 aromatic carbocycles. The van der Waals surface area contributed by atoms with Crippen LogP contribution in [0.25, 0.3) is 0 Å². The van der Waals surface area contributed by atoms with E-state index in [-0.39, 0.29) is 17.9 Å². The van der Waals surface area contributed by atoms with Crippen molar-refractivity contribution >= 4 is 11.7 Å². The Morgan fingerprint density at radius 2 is 2.15 bits per heavy atom. The molecule has 0 amide bonds. The van der Waals surface area contributed by atoms with Crippen LogP contribution in [0, 0.1) is 10.1 Å². The molecular weight excluding hydrogens is 266 g/mol. The van der Waals surface area contributed by atoms with Crippen LogP contribution in [0.1, 0.15) is 31.6 Å². The Bertz CT molecular complexity index is 510. The molecule has 108 valence electrons. The van der Waals surface area contributed by atoms with Crippen molar-refractivity contribution in [2.24, 2.45) is 0 Å². The van der Waals surface area contributed by atoms with Gasteiger partial charge in [0.2, 0.25) is 5.75 Å². The molecule has 7 nitrogen and oxygen atoms in total. The van der Waals surface area contributed by atoms with Gasteiger partial charge < -0.3 is 14.2 Å². The molecular formula is C13H15NO6. The van der Waals surface area contributed by atoms with Crippen LogP contribution in [0.2, 0.25) is 0 Å². The highest BCUT2D eigenvalue weighted by Gasteiger charge is 2.23. The van der Waals surface area contributed by atoms with Gasteiger partial charge in [-0.2, -0.15) is 0 Å². The Balaban J connectivity index is 2.26. The van der Waals surface area contributed by atoms with E-state index in [1.165, 1.54) is 12.1 Å². The van der Waals surface area contributed by atoms with Gasteiger partial charge in [-0.1, -0.05) is 6.92 Å². The Kier molecular flexibility index (Phi) is 4.65. The van der Waals surface area contributed by atoms with E-state index in [1.54, 1.807) is 13.0 Å². The summed E-state index contributed by atoms with van der Waals surface area (Å²) in [4.78, 5) is 21.7. The number of carbonyl (C=O) groups is 1. The molecule has 0 aliphatic carbocycles. The average Bonchev–Trinajstić information content (AvgIpc) is 2.48. The molecule has 0 aromatic heterocycles. The number of hydrogen-bond donors (Lipinski definition) is 0. The number of nitro groups is 1. The lowest BCUT2D eigenvalue weighted by Crippen LogP contribution is -2.18. The highest BCUT2D eigenvalue weighted by molar-refractivity contribution is 5.73. The third kappa shape index (κ3) is 3.31. The molecule has 7 heteroatoms. The molecule has 0 atom stereocenters. The van der Waals surface area contributed by atoms with Gasteiger partial charge >= 0.3 is 11.7 Å². The molecule has 0 N–H and O–H groups in total. The number of nitro benzene ring substituents is 1. The number of carbonyl (C=O) groups excluding carboxylic acids is 1. The molecule has 1 aliphatic heterocycles. The molecule has 1 fully saturated rings. The van der Waals surface area contributed by atoms with Crippen LogP contribution in [0.4, 0.5) is 5.69 Å². The molecule has 1 saturated heterocycles. The first kappa shape index (κ1) is 14.4. The fourth-order valence-corrected chi connectivity index (χ4v) is 1.79. The molecule has 0 spiro atoms. The lowest BCUT2D eigenvalue weighted by atomic mass is 10.1. The molecule has 1 aromatic rings. The van der Waals surface area contributed by atoms with Crippen molar-refractivity contribution in [3.8, 4) is 5.75 Å². The van der Waals surface area contributed by atoms with Crippen molar-refractivity contribution in [1.82, 2.24) is 0 Å². The lowest BCUT2D eigenvalue weighted by Gasteiger charge is -2.23. The fourth-order valence-electron chi connectivity index (χ4n) is 1.79. The zero-order valence-electron chi connectivity index (χ0n) is 11.0. The van der Waals surface area contributed by atoms with Crippen molar-refractivity contribution in [3.05, 3.63) is 33.9 Å². The van der Waals surface area contributed by atoms with Crippen LogP contribution in [-0.4, -0.2) is 24.1 Å². The molecule has 0 bridgehead atoms. The Labute approximate surface area is 115 Å². The molecule has 0 radical (unpaired) electrons. The fraction of sp³-hybridized carbons (Fsp3) is 0.462. The molecule has 1 heterocycles. The quantitative estimate of drug-likeness (QED) is 0.364. The second-order valence-electron chi connectivity index (χ2n) is 4.24. The van der Waals surface area contributed by atoms with Crippen LogP contribution in [0.3, 0.4) is 0 Å². The van der Waals surface area contributed by atoms with E-state index >= 15 is 0 Å². The largest absolute Gasteiger partial charge is 0.419 e. The first-order chi connectivity index (χ1) is 9.61. The molecule has 20 heavy (non-hydrogen) atoms. The Morgan fingerprint density at radius 3 is 2.75 bits per heavy atom. The van der Waals surface area contributed by atoms with Crippen LogP contribution >= 0.6 is 0 Å². The maximum atomic E-state index is 11.2. The summed E-state index contributed by atoms with van der Waals surface area (Å²) < 4.78 is 15.7.